The molecular weight excluding hydrogens is 297 g/mol. The van der Waals surface area contributed by atoms with Gasteiger partial charge in [0.1, 0.15) is 5.69 Å². The van der Waals surface area contributed by atoms with Gasteiger partial charge in [-0.2, -0.15) is 18.2 Å². The molecule has 1 aromatic rings. The summed E-state index contributed by atoms with van der Waals surface area (Å²) in [6.07, 6.45) is -0.110. The number of alkyl halides is 3. The molecule has 0 unspecified atom stereocenters. The molecule has 3 rings (SSSR count). The van der Waals surface area contributed by atoms with Gasteiger partial charge in [0.2, 0.25) is 11.7 Å². The minimum Gasteiger partial charge on any atom is -0.479 e. The SMILES string of the molecule is COc1nc(C(F)(F)F)ncc1N1CCC2(CCNCC2)C1. The van der Waals surface area contributed by atoms with Crippen molar-refractivity contribution in [3.8, 4) is 5.88 Å². The number of hydrogen-bond donors (Lipinski definition) is 1. The predicted octanol–water partition coefficient (Wildman–Crippen LogP) is 2.08. The maximum absolute atomic E-state index is 12.7. The molecule has 2 aliphatic heterocycles. The smallest absolute Gasteiger partial charge is 0.451 e. The molecule has 0 saturated carbocycles. The number of nitrogens with one attached hydrogen (secondary N) is 1. The van der Waals surface area contributed by atoms with Gasteiger partial charge in [-0.1, -0.05) is 0 Å². The normalized spacial score (nSPS) is 21.4. The van der Waals surface area contributed by atoms with Crippen LogP contribution in [0.3, 0.4) is 0 Å². The van der Waals surface area contributed by atoms with Crippen LogP contribution in [0.5, 0.6) is 5.88 Å². The molecule has 22 heavy (non-hydrogen) atoms. The van der Waals surface area contributed by atoms with Crippen LogP contribution < -0.4 is 15.0 Å². The summed E-state index contributed by atoms with van der Waals surface area (Å²) in [5.41, 5.74) is 0.796. The second-order valence-corrected chi connectivity index (χ2v) is 6.01. The molecular formula is C14H19F3N4O. The Morgan fingerprint density at radius 2 is 2.00 bits per heavy atom. The molecule has 0 aliphatic carbocycles. The third-order valence-electron chi connectivity index (χ3n) is 4.63. The molecule has 122 valence electrons. The number of piperidine rings is 1. The second-order valence-electron chi connectivity index (χ2n) is 6.01. The molecule has 0 bridgehead atoms. The summed E-state index contributed by atoms with van der Waals surface area (Å²) in [7, 11) is 1.34. The Morgan fingerprint density at radius 3 is 2.64 bits per heavy atom. The van der Waals surface area contributed by atoms with Crippen molar-refractivity contribution in [2.75, 3.05) is 38.2 Å². The molecule has 1 spiro atoms. The first-order chi connectivity index (χ1) is 10.4. The van der Waals surface area contributed by atoms with Crippen molar-refractivity contribution in [1.82, 2.24) is 15.3 Å². The first-order valence-corrected chi connectivity index (χ1v) is 7.37. The standard InChI is InChI=1S/C14H19F3N4O/c1-22-11-10(8-19-12(20-11)14(15,16)17)21-7-4-13(9-21)2-5-18-6-3-13/h8,18H,2-7,9H2,1H3. The van der Waals surface area contributed by atoms with E-state index in [-0.39, 0.29) is 11.3 Å². The van der Waals surface area contributed by atoms with E-state index in [9.17, 15) is 13.2 Å². The molecule has 0 aromatic carbocycles. The van der Waals surface area contributed by atoms with Gasteiger partial charge in [0, 0.05) is 13.1 Å². The van der Waals surface area contributed by atoms with Gasteiger partial charge in [0.05, 0.1) is 13.3 Å². The average molecular weight is 316 g/mol. The highest BCUT2D eigenvalue weighted by atomic mass is 19.4. The molecule has 1 N–H and O–H groups in total. The molecule has 2 aliphatic rings. The molecule has 8 heteroatoms. The Balaban J connectivity index is 1.83. The lowest BCUT2D eigenvalue weighted by atomic mass is 9.78. The van der Waals surface area contributed by atoms with Crippen LogP contribution in [0.2, 0.25) is 0 Å². The molecule has 0 amide bonds. The Morgan fingerprint density at radius 1 is 1.27 bits per heavy atom. The Hall–Kier alpha value is -1.57. The lowest BCUT2D eigenvalue weighted by Crippen LogP contribution is -2.38. The van der Waals surface area contributed by atoms with E-state index in [1.165, 1.54) is 13.3 Å². The highest BCUT2D eigenvalue weighted by Crippen LogP contribution is 2.42. The first-order valence-electron chi connectivity index (χ1n) is 7.37. The van der Waals surface area contributed by atoms with Gasteiger partial charge in [0.25, 0.3) is 0 Å². The summed E-state index contributed by atoms with van der Waals surface area (Å²) in [5.74, 6) is -1.17. The van der Waals surface area contributed by atoms with Crippen molar-refractivity contribution in [2.45, 2.75) is 25.4 Å². The maximum Gasteiger partial charge on any atom is 0.451 e. The van der Waals surface area contributed by atoms with E-state index >= 15 is 0 Å². The van der Waals surface area contributed by atoms with Crippen LogP contribution in [0, 0.1) is 5.41 Å². The van der Waals surface area contributed by atoms with Crippen molar-refractivity contribution in [3.05, 3.63) is 12.0 Å². The van der Waals surface area contributed by atoms with E-state index < -0.39 is 12.0 Å². The number of aromatic nitrogens is 2. The summed E-state index contributed by atoms with van der Waals surface area (Å²) in [6.45, 7) is 3.60. The van der Waals surface area contributed by atoms with E-state index in [0.717, 1.165) is 45.4 Å². The van der Waals surface area contributed by atoms with Crippen LogP contribution in [0.1, 0.15) is 25.1 Å². The Bertz CT molecular complexity index is 543. The van der Waals surface area contributed by atoms with E-state index in [2.05, 4.69) is 15.3 Å². The van der Waals surface area contributed by atoms with Crippen molar-refractivity contribution >= 4 is 5.69 Å². The number of halogens is 3. The molecule has 1 aromatic heterocycles. The lowest BCUT2D eigenvalue weighted by molar-refractivity contribution is -0.145. The van der Waals surface area contributed by atoms with Crippen LogP contribution in [0.25, 0.3) is 0 Å². The van der Waals surface area contributed by atoms with Crippen molar-refractivity contribution in [3.63, 3.8) is 0 Å². The lowest BCUT2D eigenvalue weighted by Gasteiger charge is -2.34. The zero-order valence-electron chi connectivity index (χ0n) is 12.4. The monoisotopic (exact) mass is 316 g/mol. The van der Waals surface area contributed by atoms with Gasteiger partial charge in [-0.05, 0) is 37.8 Å². The van der Waals surface area contributed by atoms with Crippen LogP contribution >= 0.6 is 0 Å². The van der Waals surface area contributed by atoms with Gasteiger partial charge in [0.15, 0.2) is 0 Å². The highest BCUT2D eigenvalue weighted by Gasteiger charge is 2.41. The maximum atomic E-state index is 12.7. The highest BCUT2D eigenvalue weighted by molar-refractivity contribution is 5.54. The van der Waals surface area contributed by atoms with Crippen LogP contribution in [0.4, 0.5) is 18.9 Å². The zero-order valence-corrected chi connectivity index (χ0v) is 12.4. The van der Waals surface area contributed by atoms with Gasteiger partial charge < -0.3 is 15.0 Å². The predicted molar refractivity (Wildman–Crippen MR) is 75.0 cm³/mol. The second kappa shape index (κ2) is 5.57. The third-order valence-corrected chi connectivity index (χ3v) is 4.63. The van der Waals surface area contributed by atoms with E-state index in [4.69, 9.17) is 4.74 Å². The Labute approximate surface area is 126 Å². The molecule has 2 fully saturated rings. The molecule has 0 atom stereocenters. The van der Waals surface area contributed by atoms with Crippen molar-refractivity contribution < 1.29 is 17.9 Å². The van der Waals surface area contributed by atoms with Gasteiger partial charge in [-0.3, -0.25) is 0 Å². The van der Waals surface area contributed by atoms with Crippen LogP contribution in [-0.2, 0) is 6.18 Å². The number of nitrogens with zero attached hydrogens (tertiary/aromatic N) is 3. The van der Waals surface area contributed by atoms with Crippen LogP contribution in [-0.4, -0.2) is 43.3 Å². The fourth-order valence-electron chi connectivity index (χ4n) is 3.37. The largest absolute Gasteiger partial charge is 0.479 e. The van der Waals surface area contributed by atoms with Gasteiger partial charge >= 0.3 is 6.18 Å². The Kier molecular flexibility index (Phi) is 3.88. The quantitative estimate of drug-likeness (QED) is 0.905. The van der Waals surface area contributed by atoms with E-state index in [0.29, 0.717) is 5.69 Å². The van der Waals surface area contributed by atoms with Crippen molar-refractivity contribution in [1.29, 1.82) is 0 Å². The summed E-state index contributed by atoms with van der Waals surface area (Å²) in [5, 5.41) is 3.34. The fourth-order valence-corrected chi connectivity index (χ4v) is 3.37. The van der Waals surface area contributed by atoms with E-state index in [1.54, 1.807) is 0 Å². The number of hydrogen-bond acceptors (Lipinski definition) is 5. The summed E-state index contributed by atoms with van der Waals surface area (Å²) < 4.78 is 43.2. The zero-order chi connectivity index (χ0) is 15.8. The number of rotatable bonds is 2. The summed E-state index contributed by atoms with van der Waals surface area (Å²) in [6, 6.07) is 0. The van der Waals surface area contributed by atoms with Crippen LogP contribution in [0.15, 0.2) is 6.20 Å². The molecule has 0 radical (unpaired) electrons. The average Bonchev–Trinajstić information content (AvgIpc) is 2.90. The first kappa shape index (κ1) is 15.3. The molecule has 3 heterocycles. The fraction of sp³-hybridized carbons (Fsp3) is 0.714. The molecule has 5 nitrogen and oxygen atoms in total. The number of anilines is 1. The molecule has 2 saturated heterocycles. The van der Waals surface area contributed by atoms with E-state index in [1.807, 2.05) is 4.90 Å². The van der Waals surface area contributed by atoms with Crippen molar-refractivity contribution in [2.24, 2.45) is 5.41 Å². The summed E-state index contributed by atoms with van der Waals surface area (Å²) >= 11 is 0. The minimum absolute atomic E-state index is 0.00619. The summed E-state index contributed by atoms with van der Waals surface area (Å²) in [4.78, 5) is 9.04. The third kappa shape index (κ3) is 2.84. The number of methoxy groups -OCH3 is 1. The minimum atomic E-state index is -4.56. The topological polar surface area (TPSA) is 50.3 Å². The number of ether oxygens (including phenoxy) is 1. The van der Waals surface area contributed by atoms with Gasteiger partial charge in [-0.25, -0.2) is 4.98 Å². The van der Waals surface area contributed by atoms with Gasteiger partial charge in [-0.15, -0.1) is 0 Å².